The average Bonchev–Trinajstić information content (AvgIpc) is 2.99. The van der Waals surface area contributed by atoms with Crippen molar-refractivity contribution < 1.29 is 9.59 Å². The quantitative estimate of drug-likeness (QED) is 0.920. The summed E-state index contributed by atoms with van der Waals surface area (Å²) in [5.74, 6) is -0.00234. The summed E-state index contributed by atoms with van der Waals surface area (Å²) in [6.45, 7) is 3.19. The molecule has 0 spiro atoms. The molecule has 1 aliphatic rings. The first-order valence-corrected chi connectivity index (χ1v) is 8.86. The van der Waals surface area contributed by atoms with E-state index in [2.05, 4.69) is 15.2 Å². The molecule has 126 valence electrons. The molecule has 1 aromatic carbocycles. The molecule has 1 aliphatic heterocycles. The third-order valence-electron chi connectivity index (χ3n) is 3.94. The lowest BCUT2D eigenvalue weighted by Gasteiger charge is -2.21. The molecule has 0 bridgehead atoms. The Morgan fingerprint density at radius 2 is 1.96 bits per heavy atom. The summed E-state index contributed by atoms with van der Waals surface area (Å²) in [4.78, 5) is 32.6. The van der Waals surface area contributed by atoms with Crippen LogP contribution in [0.2, 0.25) is 0 Å². The van der Waals surface area contributed by atoms with Gasteiger partial charge in [0.05, 0.1) is 6.54 Å². The Balaban J connectivity index is 1.51. The molecule has 0 saturated carbocycles. The zero-order valence-electron chi connectivity index (χ0n) is 13.4. The van der Waals surface area contributed by atoms with Gasteiger partial charge in [0, 0.05) is 43.3 Å². The fraction of sp³-hybridized carbons (Fsp3) is 0.353. The number of hydrogen-bond donors (Lipinski definition) is 1. The normalized spacial score (nSPS) is 15.8. The largest absolute Gasteiger partial charge is 0.337 e. The van der Waals surface area contributed by atoms with Crippen molar-refractivity contribution in [3.05, 3.63) is 47.5 Å². The van der Waals surface area contributed by atoms with Crippen molar-refractivity contribution in [3.63, 3.8) is 0 Å². The van der Waals surface area contributed by atoms with Gasteiger partial charge in [0.1, 0.15) is 0 Å². The van der Waals surface area contributed by atoms with Crippen molar-refractivity contribution in [1.29, 1.82) is 0 Å². The number of thiazole rings is 1. The van der Waals surface area contributed by atoms with Gasteiger partial charge in [0.15, 0.2) is 5.13 Å². The van der Waals surface area contributed by atoms with Gasteiger partial charge in [0.25, 0.3) is 5.91 Å². The second-order valence-corrected chi connectivity index (χ2v) is 6.57. The average molecular weight is 344 g/mol. The molecule has 7 heteroatoms. The number of hydrogen-bond acceptors (Lipinski definition) is 5. The molecule has 2 heterocycles. The van der Waals surface area contributed by atoms with Crippen molar-refractivity contribution in [2.45, 2.75) is 6.42 Å². The molecule has 0 atom stereocenters. The smallest absolute Gasteiger partial charge is 0.253 e. The molecule has 1 N–H and O–H groups in total. The lowest BCUT2D eigenvalue weighted by Crippen LogP contribution is -2.38. The Morgan fingerprint density at radius 1 is 1.12 bits per heavy atom. The Labute approximate surface area is 145 Å². The molecule has 1 saturated heterocycles. The van der Waals surface area contributed by atoms with E-state index in [-0.39, 0.29) is 11.8 Å². The van der Waals surface area contributed by atoms with Crippen molar-refractivity contribution in [2.75, 3.05) is 38.0 Å². The number of carbonyl (C=O) groups is 2. The van der Waals surface area contributed by atoms with Gasteiger partial charge in [-0.3, -0.25) is 14.5 Å². The standard InChI is InChI=1S/C17H20N4O2S/c22-15(19-17-18-7-12-24-17)13-20-8-4-9-21(11-10-20)16(23)14-5-2-1-3-6-14/h1-3,5-7,12H,4,8-11,13H2,(H,18,19,22). The van der Waals surface area contributed by atoms with E-state index in [1.807, 2.05) is 40.6 Å². The summed E-state index contributed by atoms with van der Waals surface area (Å²) in [7, 11) is 0. The van der Waals surface area contributed by atoms with E-state index in [0.717, 1.165) is 19.5 Å². The van der Waals surface area contributed by atoms with Crippen LogP contribution < -0.4 is 5.32 Å². The number of anilines is 1. The maximum absolute atomic E-state index is 12.5. The van der Waals surface area contributed by atoms with E-state index in [1.54, 1.807) is 6.20 Å². The number of nitrogens with zero attached hydrogens (tertiary/aromatic N) is 3. The third kappa shape index (κ3) is 4.39. The number of nitrogens with one attached hydrogen (secondary N) is 1. The number of benzene rings is 1. The minimum absolute atomic E-state index is 0.0599. The van der Waals surface area contributed by atoms with Gasteiger partial charge in [-0.15, -0.1) is 11.3 Å². The predicted octanol–water partition coefficient (Wildman–Crippen LogP) is 1.93. The van der Waals surface area contributed by atoms with Crippen LogP contribution in [0.3, 0.4) is 0 Å². The maximum Gasteiger partial charge on any atom is 0.253 e. The molecule has 3 rings (SSSR count). The molecule has 2 aromatic rings. The predicted molar refractivity (Wildman–Crippen MR) is 94.1 cm³/mol. The number of aromatic nitrogens is 1. The molecule has 0 radical (unpaired) electrons. The monoisotopic (exact) mass is 344 g/mol. The molecular weight excluding hydrogens is 324 g/mol. The van der Waals surface area contributed by atoms with Crippen LogP contribution in [-0.4, -0.2) is 59.3 Å². The van der Waals surface area contributed by atoms with Gasteiger partial charge < -0.3 is 10.2 Å². The van der Waals surface area contributed by atoms with Crippen LogP contribution in [0, 0.1) is 0 Å². The lowest BCUT2D eigenvalue weighted by molar-refractivity contribution is -0.117. The Bertz CT molecular complexity index is 675. The summed E-state index contributed by atoms with van der Waals surface area (Å²) in [6, 6.07) is 9.33. The molecular formula is C17H20N4O2S. The van der Waals surface area contributed by atoms with Gasteiger partial charge >= 0.3 is 0 Å². The summed E-state index contributed by atoms with van der Waals surface area (Å²) in [5.41, 5.74) is 0.715. The fourth-order valence-electron chi connectivity index (χ4n) is 2.74. The summed E-state index contributed by atoms with van der Waals surface area (Å²) in [6.07, 6.45) is 2.53. The highest BCUT2D eigenvalue weighted by Gasteiger charge is 2.21. The van der Waals surface area contributed by atoms with Crippen molar-refractivity contribution >= 4 is 28.3 Å². The highest BCUT2D eigenvalue weighted by atomic mass is 32.1. The second-order valence-electron chi connectivity index (χ2n) is 5.67. The Kier molecular flexibility index (Phi) is 5.55. The highest BCUT2D eigenvalue weighted by molar-refractivity contribution is 7.13. The molecule has 24 heavy (non-hydrogen) atoms. The minimum atomic E-state index is -0.0622. The molecule has 2 amide bonds. The minimum Gasteiger partial charge on any atom is -0.337 e. The highest BCUT2D eigenvalue weighted by Crippen LogP contribution is 2.11. The summed E-state index contributed by atoms with van der Waals surface area (Å²) >= 11 is 1.40. The fourth-order valence-corrected chi connectivity index (χ4v) is 3.29. The summed E-state index contributed by atoms with van der Waals surface area (Å²) < 4.78 is 0. The molecule has 1 aromatic heterocycles. The zero-order chi connectivity index (χ0) is 16.8. The van der Waals surface area contributed by atoms with Gasteiger partial charge in [-0.2, -0.15) is 0 Å². The van der Waals surface area contributed by atoms with E-state index >= 15 is 0 Å². The van der Waals surface area contributed by atoms with Gasteiger partial charge in [-0.05, 0) is 18.6 Å². The van der Waals surface area contributed by atoms with Gasteiger partial charge in [-0.1, -0.05) is 18.2 Å². The van der Waals surface area contributed by atoms with Gasteiger partial charge in [-0.25, -0.2) is 4.98 Å². The second kappa shape index (κ2) is 8.03. The zero-order valence-corrected chi connectivity index (χ0v) is 14.2. The Hall–Kier alpha value is -2.25. The topological polar surface area (TPSA) is 65.5 Å². The first-order valence-electron chi connectivity index (χ1n) is 7.98. The van der Waals surface area contributed by atoms with Crippen LogP contribution in [0.25, 0.3) is 0 Å². The SMILES string of the molecule is O=C(CN1CCCN(C(=O)c2ccccc2)CC1)Nc1nccs1. The Morgan fingerprint density at radius 3 is 2.71 bits per heavy atom. The number of carbonyl (C=O) groups excluding carboxylic acids is 2. The van der Waals surface area contributed by atoms with Crippen molar-refractivity contribution in [2.24, 2.45) is 0 Å². The van der Waals surface area contributed by atoms with E-state index < -0.39 is 0 Å². The summed E-state index contributed by atoms with van der Waals surface area (Å²) in [5, 5.41) is 5.24. The molecule has 0 aliphatic carbocycles. The third-order valence-corrected chi connectivity index (χ3v) is 4.63. The molecule has 1 fully saturated rings. The van der Waals surface area contributed by atoms with E-state index in [1.165, 1.54) is 11.3 Å². The molecule has 0 unspecified atom stereocenters. The van der Waals surface area contributed by atoms with Crippen LogP contribution >= 0.6 is 11.3 Å². The van der Waals surface area contributed by atoms with E-state index in [4.69, 9.17) is 0 Å². The number of rotatable bonds is 4. The van der Waals surface area contributed by atoms with E-state index in [9.17, 15) is 9.59 Å². The number of amides is 2. The first kappa shape index (κ1) is 16.6. The van der Waals surface area contributed by atoms with Crippen LogP contribution in [0.15, 0.2) is 41.9 Å². The van der Waals surface area contributed by atoms with Crippen LogP contribution in [0.4, 0.5) is 5.13 Å². The lowest BCUT2D eigenvalue weighted by atomic mass is 10.2. The molecule has 6 nitrogen and oxygen atoms in total. The maximum atomic E-state index is 12.5. The van der Waals surface area contributed by atoms with Gasteiger partial charge in [0.2, 0.25) is 5.91 Å². The van der Waals surface area contributed by atoms with Crippen LogP contribution in [-0.2, 0) is 4.79 Å². The van der Waals surface area contributed by atoms with Crippen LogP contribution in [0.5, 0.6) is 0 Å². The first-order chi connectivity index (χ1) is 11.7. The van der Waals surface area contributed by atoms with Crippen molar-refractivity contribution in [3.8, 4) is 0 Å². The van der Waals surface area contributed by atoms with Crippen molar-refractivity contribution in [1.82, 2.24) is 14.8 Å². The van der Waals surface area contributed by atoms with E-state index in [0.29, 0.717) is 30.3 Å². The van der Waals surface area contributed by atoms with Crippen LogP contribution in [0.1, 0.15) is 16.8 Å².